The number of nitriles is 1. The normalized spacial score (nSPS) is 18.5. The van der Waals surface area contributed by atoms with E-state index in [1.807, 2.05) is 61.2 Å². The number of benzene rings is 3. The van der Waals surface area contributed by atoms with Crippen molar-refractivity contribution in [3.63, 3.8) is 0 Å². The van der Waals surface area contributed by atoms with Crippen molar-refractivity contribution in [3.8, 4) is 11.8 Å². The number of carbonyl (C=O) groups is 1. The highest BCUT2D eigenvalue weighted by Crippen LogP contribution is 2.51. The number of halogens is 1. The minimum atomic E-state index is -0.558. The van der Waals surface area contributed by atoms with E-state index in [9.17, 15) is 10.1 Å². The van der Waals surface area contributed by atoms with E-state index < -0.39 is 5.92 Å². The lowest BCUT2D eigenvalue weighted by molar-refractivity contribution is -0.118. The van der Waals surface area contributed by atoms with E-state index >= 15 is 0 Å². The van der Waals surface area contributed by atoms with Gasteiger partial charge in [-0.2, -0.15) is 5.26 Å². The highest BCUT2D eigenvalue weighted by atomic mass is 35.5. The van der Waals surface area contributed by atoms with Gasteiger partial charge >= 0.3 is 0 Å². The summed E-state index contributed by atoms with van der Waals surface area (Å²) in [6.07, 6.45) is 1.05. The topological polar surface area (TPSA) is 79.3 Å². The van der Waals surface area contributed by atoms with Gasteiger partial charge in [0, 0.05) is 28.4 Å². The number of nitrogens with zero attached hydrogens (tertiary/aromatic N) is 2. The van der Waals surface area contributed by atoms with Gasteiger partial charge in [0.1, 0.15) is 18.2 Å². The molecule has 2 aliphatic rings. The summed E-state index contributed by atoms with van der Waals surface area (Å²) in [5.41, 5.74) is 14.3. The molecule has 0 bridgehead atoms. The van der Waals surface area contributed by atoms with Crippen molar-refractivity contribution in [2.75, 3.05) is 4.90 Å². The van der Waals surface area contributed by atoms with Gasteiger partial charge in [0.05, 0.1) is 17.6 Å². The van der Waals surface area contributed by atoms with Crippen molar-refractivity contribution in [2.45, 2.75) is 60.0 Å². The zero-order valence-corrected chi connectivity index (χ0v) is 24.4. The van der Waals surface area contributed by atoms with Gasteiger partial charge in [-0.05, 0) is 85.2 Å². The van der Waals surface area contributed by atoms with Crippen LogP contribution in [0, 0.1) is 37.5 Å². The maximum Gasteiger partial charge on any atom is 0.162 e. The van der Waals surface area contributed by atoms with E-state index in [2.05, 4.69) is 39.0 Å². The number of rotatable bonds is 5. The molecule has 0 saturated carbocycles. The largest absolute Gasteiger partial charge is 0.489 e. The molecule has 6 heteroatoms. The number of carbonyl (C=O) groups excluding carboxylic acids is 1. The third-order valence-electron chi connectivity index (χ3n) is 7.90. The number of ether oxygens (including phenoxy) is 1. The minimum Gasteiger partial charge on any atom is -0.489 e. The molecule has 0 fully saturated rings. The Kier molecular flexibility index (Phi) is 7.25. The van der Waals surface area contributed by atoms with E-state index in [0.29, 0.717) is 41.4 Å². The predicted octanol–water partition coefficient (Wildman–Crippen LogP) is 7.79. The van der Waals surface area contributed by atoms with Crippen LogP contribution in [0.2, 0.25) is 5.02 Å². The van der Waals surface area contributed by atoms with Crippen LogP contribution in [0.25, 0.3) is 0 Å². The molecule has 3 aromatic carbocycles. The van der Waals surface area contributed by atoms with Crippen molar-refractivity contribution in [3.05, 3.63) is 116 Å². The monoisotopic (exact) mass is 551 g/mol. The van der Waals surface area contributed by atoms with E-state index in [0.717, 1.165) is 39.4 Å². The molecule has 0 spiro atoms. The summed E-state index contributed by atoms with van der Waals surface area (Å²) in [6.45, 7) is 10.7. The summed E-state index contributed by atoms with van der Waals surface area (Å²) in [5, 5.41) is 11.0. The Morgan fingerprint density at radius 3 is 2.45 bits per heavy atom. The summed E-state index contributed by atoms with van der Waals surface area (Å²) in [6, 6.07) is 21.9. The summed E-state index contributed by atoms with van der Waals surface area (Å²) in [5.74, 6) is 0.605. The van der Waals surface area contributed by atoms with Crippen LogP contribution in [0.15, 0.2) is 83.3 Å². The number of aryl methyl sites for hydroxylation is 3. The predicted molar refractivity (Wildman–Crippen MR) is 160 cm³/mol. The van der Waals surface area contributed by atoms with Gasteiger partial charge in [-0.15, -0.1) is 0 Å². The van der Waals surface area contributed by atoms with Gasteiger partial charge in [-0.25, -0.2) is 0 Å². The standard InChI is InChI=1S/C34H34ClN3O2/c1-20-9-11-26(12-10-20)40-19-23-14-27(22(3)13-21(23)2)31-28(18-36)33(37)38(25-8-6-7-24(35)15-25)29-16-34(4,5)17-30(39)32(29)31/h6-15,31H,16-17,19,37H2,1-5H3. The molecule has 40 heavy (non-hydrogen) atoms. The maximum absolute atomic E-state index is 13.9. The van der Waals surface area contributed by atoms with Crippen LogP contribution in [0.3, 0.4) is 0 Å². The molecule has 5 nitrogen and oxygen atoms in total. The molecule has 0 saturated heterocycles. The molecule has 1 aliphatic heterocycles. The van der Waals surface area contributed by atoms with Crippen LogP contribution in [-0.2, 0) is 11.4 Å². The first-order valence-electron chi connectivity index (χ1n) is 13.5. The third-order valence-corrected chi connectivity index (χ3v) is 8.13. The molecular weight excluding hydrogens is 518 g/mol. The average molecular weight is 552 g/mol. The zero-order valence-electron chi connectivity index (χ0n) is 23.6. The molecule has 0 radical (unpaired) electrons. The van der Waals surface area contributed by atoms with Crippen molar-refractivity contribution in [1.82, 2.24) is 0 Å². The molecule has 1 atom stereocenters. The molecule has 1 unspecified atom stereocenters. The molecule has 0 amide bonds. The van der Waals surface area contributed by atoms with Crippen LogP contribution in [0.1, 0.15) is 60.4 Å². The lowest BCUT2D eigenvalue weighted by atomic mass is 9.68. The lowest BCUT2D eigenvalue weighted by Gasteiger charge is -2.44. The van der Waals surface area contributed by atoms with E-state index in [-0.39, 0.29) is 11.2 Å². The van der Waals surface area contributed by atoms with Crippen LogP contribution in [0.5, 0.6) is 5.75 Å². The first-order chi connectivity index (χ1) is 19.0. The SMILES string of the molecule is Cc1ccc(OCc2cc(C3C(C#N)=C(N)N(c4cccc(Cl)c4)C4=C3C(=O)CC(C)(C)C4)c(C)cc2C)cc1. The summed E-state index contributed by atoms with van der Waals surface area (Å²) >= 11 is 6.36. The smallest absolute Gasteiger partial charge is 0.162 e. The fourth-order valence-electron chi connectivity index (χ4n) is 5.91. The second-order valence-electron chi connectivity index (χ2n) is 11.7. The number of ketones is 1. The number of anilines is 1. The van der Waals surface area contributed by atoms with E-state index in [4.69, 9.17) is 22.1 Å². The first-order valence-corrected chi connectivity index (χ1v) is 13.9. The number of hydrogen-bond donors (Lipinski definition) is 1. The van der Waals surface area contributed by atoms with E-state index in [1.54, 1.807) is 6.07 Å². The third kappa shape index (κ3) is 5.12. The fourth-order valence-corrected chi connectivity index (χ4v) is 6.09. The van der Waals surface area contributed by atoms with Crippen molar-refractivity contribution in [2.24, 2.45) is 11.1 Å². The molecule has 2 N–H and O–H groups in total. The summed E-state index contributed by atoms with van der Waals surface area (Å²) in [7, 11) is 0. The summed E-state index contributed by atoms with van der Waals surface area (Å²) < 4.78 is 6.12. The van der Waals surface area contributed by atoms with Crippen molar-refractivity contribution in [1.29, 1.82) is 5.26 Å². The maximum atomic E-state index is 13.9. The number of allylic oxidation sites excluding steroid dienone is 3. The van der Waals surface area contributed by atoms with Crippen LogP contribution in [0.4, 0.5) is 5.69 Å². The molecule has 0 aromatic heterocycles. The summed E-state index contributed by atoms with van der Waals surface area (Å²) in [4.78, 5) is 15.8. The van der Waals surface area contributed by atoms with Crippen LogP contribution >= 0.6 is 11.6 Å². The second-order valence-corrected chi connectivity index (χ2v) is 12.1. The van der Waals surface area contributed by atoms with Gasteiger partial charge in [-0.1, -0.05) is 61.3 Å². The van der Waals surface area contributed by atoms with E-state index in [1.165, 1.54) is 5.56 Å². The molecular formula is C34H34ClN3O2. The van der Waals surface area contributed by atoms with Gasteiger partial charge in [-0.3, -0.25) is 9.69 Å². The highest BCUT2D eigenvalue weighted by Gasteiger charge is 2.45. The number of hydrogen-bond acceptors (Lipinski definition) is 5. The second kappa shape index (κ2) is 10.5. The molecule has 1 aliphatic carbocycles. The quantitative estimate of drug-likeness (QED) is 0.350. The minimum absolute atomic E-state index is 0.0426. The van der Waals surface area contributed by atoms with Gasteiger partial charge in [0.15, 0.2) is 5.78 Å². The molecule has 3 aromatic rings. The van der Waals surface area contributed by atoms with Crippen LogP contribution < -0.4 is 15.4 Å². The van der Waals surface area contributed by atoms with Gasteiger partial charge in [0.25, 0.3) is 0 Å². The highest BCUT2D eigenvalue weighted by molar-refractivity contribution is 6.30. The van der Waals surface area contributed by atoms with Gasteiger partial charge < -0.3 is 10.5 Å². The average Bonchev–Trinajstić information content (AvgIpc) is 2.88. The molecule has 1 heterocycles. The Balaban J connectivity index is 1.66. The zero-order chi connectivity index (χ0) is 28.8. The Morgan fingerprint density at radius 1 is 1.05 bits per heavy atom. The Hall–Kier alpha value is -4.01. The lowest BCUT2D eigenvalue weighted by Crippen LogP contribution is -2.42. The Labute approximate surface area is 241 Å². The molecule has 5 rings (SSSR count). The first kappa shape index (κ1) is 27.6. The number of Topliss-reactive ketones (excluding diaryl/α,β-unsaturated/α-hetero) is 1. The van der Waals surface area contributed by atoms with Crippen LogP contribution in [-0.4, -0.2) is 5.78 Å². The number of nitrogens with two attached hydrogens (primary N) is 1. The molecule has 204 valence electrons. The Bertz CT molecular complexity index is 1610. The van der Waals surface area contributed by atoms with Crippen molar-refractivity contribution < 1.29 is 9.53 Å². The Morgan fingerprint density at radius 2 is 1.77 bits per heavy atom. The fraction of sp³-hybridized carbons (Fsp3) is 0.294. The van der Waals surface area contributed by atoms with Gasteiger partial charge in [0.2, 0.25) is 0 Å². The van der Waals surface area contributed by atoms with Crippen molar-refractivity contribution >= 4 is 23.1 Å².